The Balaban J connectivity index is 0.000000171. The standard InChI is InChI=1S/C44H54N8O4.C31H36BrN7O4.C19H30BNO2/c1-5-37-35(41(48-33-17-21-56-22-18-33)36-28-47-52(6-2)42(36)50-37)27-46-44(54)39-12-8-11-38(49-39)43(53)45-26-31-13-14-40(55-4)34(25-31)32-10-7-9-30(24-32)23-29-15-19-51(3)20-16-29;1-4-24-21(28(36-20-11-13-43-14-12-20)22-18-35-39(5-2)29(22)38-24)17-34-31(41)26-8-6-7-25(37-26)30(40)33-16-19-9-10-27(42-3)23(32)15-19;1-18(2)19(3,4)23-20(22-18)17-8-6-7-16(14-17)13-15-9-11-21(5)12-10-15/h7-14,24-25,28-29,33H,5-6,15-23,26-27H2,1-4H3,(H,45,53)(H,46,54)(H,48,50);6-10,15,18,20H,4-5,11-14,16-17H2,1-3H3,(H,33,40)(H,34,41)(H,36,38);6-8,14-15H,9-13H2,1-5H3. The van der Waals surface area contributed by atoms with Gasteiger partial charge in [-0.1, -0.05) is 86.6 Å². The van der Waals surface area contributed by atoms with Crippen LogP contribution < -0.4 is 46.8 Å². The molecule has 0 radical (unpaired) electrons. The number of hydrogen-bond donors (Lipinski definition) is 6. The van der Waals surface area contributed by atoms with E-state index in [9.17, 15) is 19.2 Å². The van der Waals surface area contributed by atoms with Gasteiger partial charge >= 0.3 is 7.12 Å². The minimum Gasteiger partial charge on any atom is -0.496 e. The fourth-order valence-electron chi connectivity index (χ4n) is 16.5. The van der Waals surface area contributed by atoms with Crippen LogP contribution in [0.25, 0.3) is 33.2 Å². The van der Waals surface area contributed by atoms with Gasteiger partial charge in [0, 0.05) is 106 Å². The van der Waals surface area contributed by atoms with Crippen LogP contribution in [0.15, 0.2) is 138 Å². The number of ether oxygens (including phenoxy) is 4. The van der Waals surface area contributed by atoms with Crippen LogP contribution in [0.2, 0.25) is 0 Å². The van der Waals surface area contributed by atoms with E-state index in [1.807, 2.05) is 65.9 Å². The van der Waals surface area contributed by atoms with Gasteiger partial charge in [0.25, 0.3) is 23.6 Å². The van der Waals surface area contributed by atoms with Crippen LogP contribution in [0.1, 0.15) is 193 Å². The zero-order chi connectivity index (χ0) is 86.0. The van der Waals surface area contributed by atoms with Gasteiger partial charge in [0.2, 0.25) is 0 Å². The van der Waals surface area contributed by atoms with Crippen molar-refractivity contribution in [2.24, 2.45) is 11.8 Å². The number of nitrogens with one attached hydrogen (secondary N) is 6. The number of halogens is 1. The predicted octanol–water partition coefficient (Wildman–Crippen LogP) is 13.9. The van der Waals surface area contributed by atoms with Gasteiger partial charge in [0.15, 0.2) is 11.3 Å². The lowest BCUT2D eigenvalue weighted by atomic mass is 9.77. The van der Waals surface area contributed by atoms with Crippen LogP contribution in [-0.2, 0) is 83.7 Å². The topological polar surface area (TPSA) is 290 Å². The van der Waals surface area contributed by atoms with Gasteiger partial charge in [-0.3, -0.25) is 19.2 Å². The zero-order valence-corrected chi connectivity index (χ0v) is 74.5. The van der Waals surface area contributed by atoms with Gasteiger partial charge in [-0.05, 0) is 268 Å². The summed E-state index contributed by atoms with van der Waals surface area (Å²) in [5, 5.41) is 30.4. The lowest BCUT2D eigenvalue weighted by Crippen LogP contribution is -2.41. The van der Waals surface area contributed by atoms with E-state index in [1.165, 1.54) is 56.3 Å². The zero-order valence-electron chi connectivity index (χ0n) is 72.9. The van der Waals surface area contributed by atoms with Gasteiger partial charge in [0.05, 0.1) is 64.4 Å². The third kappa shape index (κ3) is 22.4. The summed E-state index contributed by atoms with van der Waals surface area (Å²) in [5.74, 6) is 1.49. The van der Waals surface area contributed by atoms with Crippen molar-refractivity contribution < 1.29 is 47.4 Å². The molecule has 0 saturated carbocycles. The third-order valence-corrected chi connectivity index (χ3v) is 25.1. The van der Waals surface area contributed by atoms with Crippen molar-refractivity contribution in [3.63, 3.8) is 0 Å². The molecular weight excluding hydrogens is 1600 g/mol. The Hall–Kier alpha value is -10.2. The van der Waals surface area contributed by atoms with Gasteiger partial charge in [-0.2, -0.15) is 10.2 Å². The number of amides is 4. The normalized spacial score (nSPS) is 16.6. The second-order valence-electron chi connectivity index (χ2n) is 33.5. The molecule has 646 valence electrons. The van der Waals surface area contributed by atoms with Gasteiger partial charge in [-0.15, -0.1) is 0 Å². The molecule has 4 aromatic carbocycles. The molecule has 6 aromatic heterocycles. The second-order valence-corrected chi connectivity index (χ2v) is 34.3. The molecule has 26 nitrogen and oxygen atoms in total. The van der Waals surface area contributed by atoms with Crippen molar-refractivity contribution in [2.75, 3.05) is 91.6 Å². The molecule has 0 aliphatic carbocycles. The second kappa shape index (κ2) is 41.8. The first-order valence-electron chi connectivity index (χ1n) is 43.4. The number of methoxy groups -OCH3 is 2. The molecule has 6 N–H and O–H groups in total. The number of benzene rings is 4. The Labute approximate surface area is 726 Å². The summed E-state index contributed by atoms with van der Waals surface area (Å²) in [6, 6.07) is 39.3. The summed E-state index contributed by atoms with van der Waals surface area (Å²) >= 11 is 3.46. The number of fused-ring (bicyclic) bond motifs is 2. The van der Waals surface area contributed by atoms with Crippen LogP contribution in [0.4, 0.5) is 11.4 Å². The average molecular weight is 1720 g/mol. The van der Waals surface area contributed by atoms with Crippen LogP contribution in [0.3, 0.4) is 0 Å². The van der Waals surface area contributed by atoms with Gasteiger partial charge < -0.3 is 70.0 Å². The summed E-state index contributed by atoms with van der Waals surface area (Å²) in [7, 11) is 7.44. The lowest BCUT2D eigenvalue weighted by Gasteiger charge is -2.32. The van der Waals surface area contributed by atoms with Crippen molar-refractivity contribution in [1.82, 2.24) is 70.6 Å². The number of aryl methyl sites for hydroxylation is 4. The van der Waals surface area contributed by atoms with Crippen LogP contribution >= 0.6 is 15.9 Å². The maximum atomic E-state index is 13.6. The van der Waals surface area contributed by atoms with Crippen LogP contribution in [0, 0.1) is 11.8 Å². The van der Waals surface area contributed by atoms with E-state index >= 15 is 0 Å². The van der Waals surface area contributed by atoms with E-state index in [1.54, 1.807) is 50.6 Å². The predicted molar refractivity (Wildman–Crippen MR) is 482 cm³/mol. The van der Waals surface area contributed by atoms with Crippen LogP contribution in [0.5, 0.6) is 11.5 Å². The summed E-state index contributed by atoms with van der Waals surface area (Å²) in [6.45, 7) is 26.7. The Morgan fingerprint density at radius 1 is 0.484 bits per heavy atom. The van der Waals surface area contributed by atoms with E-state index in [2.05, 4.69) is 188 Å². The number of aromatic nitrogens is 8. The maximum absolute atomic E-state index is 13.6. The smallest absolute Gasteiger partial charge is 0.494 e. The van der Waals surface area contributed by atoms with Crippen molar-refractivity contribution in [2.45, 2.75) is 195 Å². The first kappa shape index (κ1) is 89.6. The van der Waals surface area contributed by atoms with Gasteiger partial charge in [0.1, 0.15) is 34.3 Å². The third-order valence-electron chi connectivity index (χ3n) is 24.5. The number of anilines is 2. The highest BCUT2D eigenvalue weighted by Gasteiger charge is 2.52. The number of piperidine rings is 2. The van der Waals surface area contributed by atoms with Gasteiger partial charge in [-0.25, -0.2) is 29.3 Å². The number of rotatable bonds is 28. The van der Waals surface area contributed by atoms with Crippen molar-refractivity contribution in [3.05, 3.63) is 206 Å². The molecule has 5 aliphatic rings. The summed E-state index contributed by atoms with van der Waals surface area (Å²) in [4.78, 5) is 76.7. The molecule has 122 heavy (non-hydrogen) atoms. The molecule has 15 rings (SSSR count). The molecular formula is C94H120BBrN16O10. The highest BCUT2D eigenvalue weighted by Crippen LogP contribution is 2.39. The SMILES string of the molecule is CCc1nc2c(cnn2CC)c(NC2CCOCC2)c1CNC(=O)c1cccc(C(=O)NCc2ccc(OC)c(-c3cccc(CC4CCN(C)CC4)c3)c2)n1.CCc1nc2c(cnn2CC)c(NC2CCOCC2)c1CNC(=O)c1cccc(C(=O)NCc2ccc(OC)c(Br)c2)n1.CN1CCC(Cc2cccc(B3OC(C)(C)C(C)(C)O3)c2)CC1. The first-order valence-corrected chi connectivity index (χ1v) is 44.2. The van der Waals surface area contributed by atoms with E-state index < -0.39 is 0 Å². The molecule has 0 bridgehead atoms. The molecule has 10 aromatic rings. The molecule has 5 aliphatic heterocycles. The Morgan fingerprint density at radius 3 is 1.32 bits per heavy atom. The monoisotopic (exact) mass is 1720 g/mol. The fourth-order valence-corrected chi connectivity index (χ4v) is 17.0. The Kier molecular flexibility index (Phi) is 30.7. The van der Waals surface area contributed by atoms with E-state index in [4.69, 9.17) is 38.2 Å². The lowest BCUT2D eigenvalue weighted by molar-refractivity contribution is 0.00578. The molecule has 0 unspecified atom stereocenters. The number of pyridine rings is 4. The van der Waals surface area contributed by atoms with E-state index in [-0.39, 0.29) is 96.4 Å². The molecule has 0 spiro atoms. The number of carbonyl (C=O) groups excluding carboxylic acids is 4. The average Bonchev–Trinajstić information content (AvgIpc) is 1.61. The fraction of sp³-hybridized carbons (Fsp3) is 0.468. The number of hydrogen-bond acceptors (Lipinski definition) is 20. The molecule has 5 saturated heterocycles. The quantitative estimate of drug-likeness (QED) is 0.0248. The summed E-state index contributed by atoms with van der Waals surface area (Å²) < 4.78 is 39.1. The maximum Gasteiger partial charge on any atom is 0.494 e. The molecule has 5 fully saturated rings. The number of nitrogens with zero attached hydrogens (tertiary/aromatic N) is 10. The minimum absolute atomic E-state index is 0.157. The number of likely N-dealkylation sites (tertiary alicyclic amines) is 2. The Bertz CT molecular complexity index is 5250. The molecule has 28 heteroatoms. The molecule has 0 atom stereocenters. The largest absolute Gasteiger partial charge is 0.496 e. The van der Waals surface area contributed by atoms with Crippen molar-refractivity contribution in [3.8, 4) is 22.6 Å². The Morgan fingerprint density at radius 2 is 0.893 bits per heavy atom. The highest BCUT2D eigenvalue weighted by molar-refractivity contribution is 9.10. The first-order chi connectivity index (χ1) is 59.0. The summed E-state index contributed by atoms with van der Waals surface area (Å²) in [5.41, 5.74) is 15.0. The van der Waals surface area contributed by atoms with E-state index in [0.717, 1.165) is 145 Å². The van der Waals surface area contributed by atoms with Crippen LogP contribution in [-0.4, -0.2) is 184 Å². The number of carbonyl (C=O) groups is 4. The molecule has 11 heterocycles. The van der Waals surface area contributed by atoms with E-state index in [0.29, 0.717) is 70.6 Å². The molecule has 4 amide bonds. The minimum atomic E-state index is -0.378. The van der Waals surface area contributed by atoms with Crippen molar-refractivity contribution >= 4 is 85.6 Å². The van der Waals surface area contributed by atoms with Crippen molar-refractivity contribution in [1.29, 1.82) is 0 Å². The summed E-state index contributed by atoms with van der Waals surface area (Å²) in [6.07, 6.45) is 15.9. The highest BCUT2D eigenvalue weighted by atomic mass is 79.9.